The third-order valence-electron chi connectivity index (χ3n) is 2.80. The SMILES string of the molecule is C[C@@H](CNC(=O)NCCS(N)(=O)=O)COCc1ccccc1. The molecule has 0 saturated heterocycles. The quantitative estimate of drug-likeness (QED) is 0.610. The summed E-state index contributed by atoms with van der Waals surface area (Å²) in [5.41, 5.74) is 1.10. The van der Waals surface area contributed by atoms with Crippen molar-refractivity contribution in [1.29, 1.82) is 0 Å². The average Bonchev–Trinajstić information content (AvgIpc) is 2.45. The average molecular weight is 329 g/mol. The van der Waals surface area contributed by atoms with Crippen molar-refractivity contribution in [2.45, 2.75) is 13.5 Å². The number of amides is 2. The maximum Gasteiger partial charge on any atom is 0.314 e. The van der Waals surface area contributed by atoms with Gasteiger partial charge in [0.1, 0.15) is 0 Å². The molecule has 0 aliphatic heterocycles. The molecule has 0 saturated carbocycles. The Labute approximate surface area is 131 Å². The summed E-state index contributed by atoms with van der Waals surface area (Å²) < 4.78 is 27.0. The first kappa shape index (κ1) is 18.4. The number of nitrogens with two attached hydrogens (primary N) is 1. The fourth-order valence-corrected chi connectivity index (χ4v) is 2.03. The summed E-state index contributed by atoms with van der Waals surface area (Å²) in [6.07, 6.45) is 0. The van der Waals surface area contributed by atoms with E-state index in [1.807, 2.05) is 37.3 Å². The van der Waals surface area contributed by atoms with Gasteiger partial charge in [-0.3, -0.25) is 0 Å². The maximum atomic E-state index is 11.4. The van der Waals surface area contributed by atoms with Crippen LogP contribution in [0.25, 0.3) is 0 Å². The highest BCUT2D eigenvalue weighted by Gasteiger charge is 2.07. The Kier molecular flexibility index (Phi) is 7.86. The molecule has 1 atom stereocenters. The standard InChI is InChI=1S/C14H23N3O4S/c1-12(10-21-11-13-5-3-2-4-6-13)9-17-14(18)16-7-8-22(15,19)20/h2-6,12H,7-11H2,1H3,(H2,15,19,20)(H2,16,17,18)/t12-/m0/s1. The molecule has 0 unspecified atom stereocenters. The summed E-state index contributed by atoms with van der Waals surface area (Å²) in [6, 6.07) is 9.41. The van der Waals surface area contributed by atoms with Crippen LogP contribution in [0.3, 0.4) is 0 Å². The lowest BCUT2D eigenvalue weighted by Crippen LogP contribution is -2.41. The number of hydrogen-bond donors (Lipinski definition) is 3. The number of hydrogen-bond acceptors (Lipinski definition) is 4. The van der Waals surface area contributed by atoms with Crippen LogP contribution in [0.1, 0.15) is 12.5 Å². The van der Waals surface area contributed by atoms with Gasteiger partial charge in [0.05, 0.1) is 19.0 Å². The molecule has 22 heavy (non-hydrogen) atoms. The van der Waals surface area contributed by atoms with Crippen molar-refractivity contribution in [2.75, 3.05) is 25.4 Å². The van der Waals surface area contributed by atoms with Crippen LogP contribution in [0.4, 0.5) is 4.79 Å². The molecule has 124 valence electrons. The van der Waals surface area contributed by atoms with Gasteiger partial charge in [-0.1, -0.05) is 37.3 Å². The smallest absolute Gasteiger partial charge is 0.314 e. The Bertz CT molecular complexity index is 548. The Morgan fingerprint density at radius 1 is 1.27 bits per heavy atom. The van der Waals surface area contributed by atoms with E-state index in [-0.39, 0.29) is 18.2 Å². The van der Waals surface area contributed by atoms with Crippen molar-refractivity contribution in [2.24, 2.45) is 11.1 Å². The fourth-order valence-electron chi connectivity index (χ4n) is 1.65. The molecule has 1 aromatic rings. The second kappa shape index (κ2) is 9.39. The molecule has 0 aromatic heterocycles. The lowest BCUT2D eigenvalue weighted by Gasteiger charge is -2.13. The minimum Gasteiger partial charge on any atom is -0.376 e. The van der Waals surface area contributed by atoms with E-state index in [4.69, 9.17) is 9.88 Å². The van der Waals surface area contributed by atoms with Crippen molar-refractivity contribution < 1.29 is 17.9 Å². The van der Waals surface area contributed by atoms with Crippen molar-refractivity contribution in [3.63, 3.8) is 0 Å². The first-order valence-electron chi connectivity index (χ1n) is 7.00. The molecule has 0 spiro atoms. The normalized spacial score (nSPS) is 12.6. The zero-order valence-corrected chi connectivity index (χ0v) is 13.4. The van der Waals surface area contributed by atoms with Crippen LogP contribution in [0.15, 0.2) is 30.3 Å². The van der Waals surface area contributed by atoms with Gasteiger partial charge < -0.3 is 15.4 Å². The van der Waals surface area contributed by atoms with Crippen molar-refractivity contribution in [1.82, 2.24) is 10.6 Å². The maximum absolute atomic E-state index is 11.4. The van der Waals surface area contributed by atoms with Crippen LogP contribution in [0.5, 0.6) is 0 Å². The third kappa shape index (κ3) is 9.32. The number of rotatable bonds is 9. The molecule has 0 bridgehead atoms. The van der Waals surface area contributed by atoms with Crippen LogP contribution in [0, 0.1) is 5.92 Å². The number of urea groups is 1. The Hall–Kier alpha value is -1.64. The van der Waals surface area contributed by atoms with E-state index in [0.717, 1.165) is 5.56 Å². The summed E-state index contributed by atoms with van der Waals surface area (Å²) in [7, 11) is -3.55. The van der Waals surface area contributed by atoms with Crippen LogP contribution in [-0.2, 0) is 21.4 Å². The monoisotopic (exact) mass is 329 g/mol. The van der Waals surface area contributed by atoms with E-state index in [1.165, 1.54) is 0 Å². The predicted molar refractivity (Wildman–Crippen MR) is 84.6 cm³/mol. The highest BCUT2D eigenvalue weighted by molar-refractivity contribution is 7.89. The molecule has 0 aliphatic rings. The van der Waals surface area contributed by atoms with Gasteiger partial charge in [-0.25, -0.2) is 18.4 Å². The number of carbonyl (C=O) groups is 1. The molecular weight excluding hydrogens is 306 g/mol. The largest absolute Gasteiger partial charge is 0.376 e. The van der Waals surface area contributed by atoms with E-state index >= 15 is 0 Å². The van der Waals surface area contributed by atoms with Gasteiger partial charge in [0.2, 0.25) is 10.0 Å². The van der Waals surface area contributed by atoms with Crippen LogP contribution < -0.4 is 15.8 Å². The van der Waals surface area contributed by atoms with E-state index in [2.05, 4.69) is 10.6 Å². The van der Waals surface area contributed by atoms with Gasteiger partial charge in [0.25, 0.3) is 0 Å². The summed E-state index contributed by atoms with van der Waals surface area (Å²) in [6.45, 7) is 3.44. The van der Waals surface area contributed by atoms with Crippen molar-refractivity contribution in [3.8, 4) is 0 Å². The molecule has 1 aromatic carbocycles. The second-order valence-electron chi connectivity index (χ2n) is 5.11. The Morgan fingerprint density at radius 2 is 1.95 bits per heavy atom. The molecule has 0 aliphatic carbocycles. The topological polar surface area (TPSA) is 111 Å². The Morgan fingerprint density at radius 3 is 2.59 bits per heavy atom. The molecule has 0 radical (unpaired) electrons. The number of nitrogens with one attached hydrogen (secondary N) is 2. The summed E-state index contributed by atoms with van der Waals surface area (Å²) in [5, 5.41) is 9.91. The van der Waals surface area contributed by atoms with Crippen molar-refractivity contribution in [3.05, 3.63) is 35.9 Å². The molecule has 4 N–H and O–H groups in total. The Balaban J connectivity index is 2.09. The van der Waals surface area contributed by atoms with Crippen LogP contribution in [0.2, 0.25) is 0 Å². The van der Waals surface area contributed by atoms with Crippen molar-refractivity contribution >= 4 is 16.1 Å². The fraction of sp³-hybridized carbons (Fsp3) is 0.500. The molecule has 7 nitrogen and oxygen atoms in total. The second-order valence-corrected chi connectivity index (χ2v) is 6.84. The van der Waals surface area contributed by atoms with Crippen LogP contribution >= 0.6 is 0 Å². The lowest BCUT2D eigenvalue weighted by atomic mass is 10.2. The van der Waals surface area contributed by atoms with Crippen LogP contribution in [-0.4, -0.2) is 39.9 Å². The minimum atomic E-state index is -3.55. The number of sulfonamides is 1. The molecule has 0 fully saturated rings. The summed E-state index contributed by atoms with van der Waals surface area (Å²) in [5.74, 6) is -0.136. The van der Waals surface area contributed by atoms with E-state index in [1.54, 1.807) is 0 Å². The first-order valence-corrected chi connectivity index (χ1v) is 8.72. The number of ether oxygens (including phenoxy) is 1. The molecule has 2 amide bonds. The van der Waals surface area contributed by atoms with Gasteiger partial charge in [-0.2, -0.15) is 0 Å². The van der Waals surface area contributed by atoms with Gasteiger partial charge in [-0.15, -0.1) is 0 Å². The molecular formula is C14H23N3O4S. The summed E-state index contributed by atoms with van der Waals surface area (Å²) in [4.78, 5) is 11.4. The zero-order chi connectivity index (χ0) is 16.4. The highest BCUT2D eigenvalue weighted by Crippen LogP contribution is 2.02. The number of benzene rings is 1. The predicted octanol–water partition coefficient (Wildman–Crippen LogP) is 0.427. The van der Waals surface area contributed by atoms with Gasteiger partial charge in [0.15, 0.2) is 0 Å². The van der Waals surface area contributed by atoms with Gasteiger partial charge in [-0.05, 0) is 11.5 Å². The number of carbonyl (C=O) groups excluding carboxylic acids is 1. The minimum absolute atomic E-state index is 0.0104. The first-order chi connectivity index (χ1) is 10.4. The third-order valence-corrected chi connectivity index (χ3v) is 3.57. The highest BCUT2D eigenvalue weighted by atomic mass is 32.2. The molecule has 1 rings (SSSR count). The number of primary sulfonamides is 1. The zero-order valence-electron chi connectivity index (χ0n) is 12.6. The molecule has 0 heterocycles. The lowest BCUT2D eigenvalue weighted by molar-refractivity contribution is 0.0924. The van der Waals surface area contributed by atoms with Gasteiger partial charge in [0, 0.05) is 13.1 Å². The molecule has 8 heteroatoms. The van der Waals surface area contributed by atoms with E-state index in [0.29, 0.717) is 19.8 Å². The summed E-state index contributed by atoms with van der Waals surface area (Å²) >= 11 is 0. The van der Waals surface area contributed by atoms with Gasteiger partial charge >= 0.3 is 6.03 Å². The van der Waals surface area contributed by atoms with E-state index < -0.39 is 16.1 Å². The van der Waals surface area contributed by atoms with E-state index in [9.17, 15) is 13.2 Å².